The van der Waals surface area contributed by atoms with Crippen LogP contribution in [0.1, 0.15) is 40.0 Å². The number of hydrogen-bond acceptors (Lipinski definition) is 3. The van der Waals surface area contributed by atoms with Gasteiger partial charge in [-0.15, -0.1) is 11.8 Å². The molecule has 0 unspecified atom stereocenters. The minimum atomic E-state index is -0.0103. The Labute approximate surface area is 159 Å². The zero-order valence-corrected chi connectivity index (χ0v) is 16.6. The first-order valence-corrected chi connectivity index (χ1v) is 10.5. The summed E-state index contributed by atoms with van der Waals surface area (Å²) in [6.45, 7) is 7.12. The lowest BCUT2D eigenvalue weighted by atomic mass is 9.78. The SMILES string of the molecule is CCn1c(=O)cc(SCC(=O)N[C@@H]2CCC[C@@H](C)[C@H]2C)c2ccccc21. The van der Waals surface area contributed by atoms with E-state index < -0.39 is 0 Å². The van der Waals surface area contributed by atoms with Crippen molar-refractivity contribution in [2.24, 2.45) is 11.8 Å². The van der Waals surface area contributed by atoms with Gasteiger partial charge in [-0.2, -0.15) is 0 Å². The Morgan fingerprint density at radius 3 is 2.81 bits per heavy atom. The highest BCUT2D eigenvalue weighted by atomic mass is 32.2. The molecule has 1 heterocycles. The van der Waals surface area contributed by atoms with Gasteiger partial charge < -0.3 is 9.88 Å². The van der Waals surface area contributed by atoms with Gasteiger partial charge in [-0.3, -0.25) is 9.59 Å². The van der Waals surface area contributed by atoms with Crippen LogP contribution < -0.4 is 10.9 Å². The summed E-state index contributed by atoms with van der Waals surface area (Å²) in [6.07, 6.45) is 3.50. The second-order valence-corrected chi connectivity index (χ2v) is 8.36. The zero-order valence-electron chi connectivity index (χ0n) is 15.8. The Bertz CT molecular complexity index is 846. The van der Waals surface area contributed by atoms with E-state index in [0.29, 0.717) is 24.1 Å². The van der Waals surface area contributed by atoms with Crippen molar-refractivity contribution < 1.29 is 4.79 Å². The van der Waals surface area contributed by atoms with E-state index >= 15 is 0 Å². The molecule has 1 amide bonds. The molecular weight excluding hydrogens is 344 g/mol. The number of hydrogen-bond donors (Lipinski definition) is 1. The minimum absolute atomic E-state index is 0.0103. The summed E-state index contributed by atoms with van der Waals surface area (Å²) < 4.78 is 1.77. The number of nitrogens with one attached hydrogen (secondary N) is 1. The van der Waals surface area contributed by atoms with Crippen molar-refractivity contribution in [1.29, 1.82) is 0 Å². The molecule has 1 saturated carbocycles. The van der Waals surface area contributed by atoms with Gasteiger partial charge in [0.2, 0.25) is 5.91 Å². The Morgan fingerprint density at radius 1 is 1.27 bits per heavy atom. The Hall–Kier alpha value is -1.75. The maximum atomic E-state index is 12.5. The average molecular weight is 373 g/mol. The summed E-state index contributed by atoms with van der Waals surface area (Å²) in [5, 5.41) is 4.25. The normalized spacial score (nSPS) is 23.1. The molecule has 1 fully saturated rings. The number of thioether (sulfide) groups is 1. The predicted molar refractivity (Wildman–Crippen MR) is 109 cm³/mol. The van der Waals surface area contributed by atoms with Gasteiger partial charge in [0.05, 0.1) is 11.3 Å². The number of benzene rings is 1. The number of nitrogens with zero attached hydrogens (tertiary/aromatic N) is 1. The van der Waals surface area contributed by atoms with Crippen LogP contribution in [-0.2, 0) is 11.3 Å². The topological polar surface area (TPSA) is 51.1 Å². The Kier molecular flexibility index (Phi) is 6.07. The Morgan fingerprint density at radius 2 is 2.04 bits per heavy atom. The Balaban J connectivity index is 1.72. The molecule has 3 atom stereocenters. The van der Waals surface area contributed by atoms with E-state index in [2.05, 4.69) is 19.2 Å². The van der Waals surface area contributed by atoms with Crippen molar-refractivity contribution >= 4 is 28.6 Å². The fourth-order valence-electron chi connectivity index (χ4n) is 3.93. The maximum Gasteiger partial charge on any atom is 0.252 e. The van der Waals surface area contributed by atoms with Crippen LogP contribution in [-0.4, -0.2) is 22.3 Å². The first-order valence-electron chi connectivity index (χ1n) is 9.56. The summed E-state index contributed by atoms with van der Waals surface area (Å²) in [6, 6.07) is 9.84. The van der Waals surface area contributed by atoms with Crippen LogP contribution in [0.4, 0.5) is 0 Å². The van der Waals surface area contributed by atoms with Crippen LogP contribution in [0, 0.1) is 11.8 Å². The van der Waals surface area contributed by atoms with Gasteiger partial charge >= 0.3 is 0 Å². The van der Waals surface area contributed by atoms with Crippen LogP contribution >= 0.6 is 11.8 Å². The third-order valence-electron chi connectivity index (χ3n) is 5.71. The number of fused-ring (bicyclic) bond motifs is 1. The van der Waals surface area contributed by atoms with Crippen molar-refractivity contribution in [1.82, 2.24) is 9.88 Å². The second kappa shape index (κ2) is 8.30. The number of aryl methyl sites for hydroxylation is 1. The first kappa shape index (κ1) is 19.0. The molecule has 3 rings (SSSR count). The summed E-state index contributed by atoms with van der Waals surface area (Å²) in [7, 11) is 0. The van der Waals surface area contributed by atoms with Crippen LogP contribution in [0.15, 0.2) is 40.0 Å². The smallest absolute Gasteiger partial charge is 0.252 e. The molecule has 0 saturated heterocycles. The van der Waals surface area contributed by atoms with Crippen LogP contribution in [0.3, 0.4) is 0 Å². The number of carbonyl (C=O) groups is 1. The molecule has 0 bridgehead atoms. The van der Waals surface area contributed by atoms with E-state index in [1.54, 1.807) is 10.6 Å². The van der Waals surface area contributed by atoms with Gasteiger partial charge in [-0.05, 0) is 31.2 Å². The fourth-order valence-corrected chi connectivity index (χ4v) is 4.81. The van der Waals surface area contributed by atoms with Gasteiger partial charge in [0.25, 0.3) is 5.56 Å². The summed E-state index contributed by atoms with van der Waals surface area (Å²) >= 11 is 1.46. The van der Waals surface area contributed by atoms with E-state index in [1.807, 2.05) is 31.2 Å². The molecule has 2 aromatic rings. The fraction of sp³-hybridized carbons (Fsp3) is 0.524. The van der Waals surface area contributed by atoms with Gasteiger partial charge in [0.1, 0.15) is 0 Å². The number of amides is 1. The highest BCUT2D eigenvalue weighted by Gasteiger charge is 2.28. The zero-order chi connectivity index (χ0) is 18.7. The van der Waals surface area contributed by atoms with Crippen molar-refractivity contribution in [2.75, 3.05) is 5.75 Å². The maximum absolute atomic E-state index is 12.5. The van der Waals surface area contributed by atoms with E-state index in [1.165, 1.54) is 24.6 Å². The van der Waals surface area contributed by atoms with E-state index in [-0.39, 0.29) is 17.5 Å². The standard InChI is InChI=1S/C21H28N2O2S/c1-4-23-18-11-6-5-9-16(18)19(12-21(23)25)26-13-20(24)22-17-10-7-8-14(2)15(17)3/h5-6,9,11-12,14-15,17H,4,7-8,10,13H2,1-3H3,(H,22,24)/t14-,15-,17-/m1/s1. The molecular formula is C21H28N2O2S. The molecule has 1 aromatic carbocycles. The largest absolute Gasteiger partial charge is 0.352 e. The number of rotatable bonds is 5. The van der Waals surface area contributed by atoms with Gasteiger partial charge in [0, 0.05) is 28.9 Å². The lowest BCUT2D eigenvalue weighted by Crippen LogP contribution is -2.44. The number of para-hydroxylation sites is 1. The van der Waals surface area contributed by atoms with Crippen molar-refractivity contribution in [3.05, 3.63) is 40.7 Å². The molecule has 5 heteroatoms. The third-order valence-corrected chi connectivity index (χ3v) is 6.76. The molecule has 26 heavy (non-hydrogen) atoms. The van der Waals surface area contributed by atoms with Gasteiger partial charge in [-0.1, -0.05) is 44.9 Å². The summed E-state index contributed by atoms with van der Waals surface area (Å²) in [4.78, 5) is 25.7. The number of pyridine rings is 1. The van der Waals surface area contributed by atoms with Crippen LogP contribution in [0.25, 0.3) is 10.9 Å². The van der Waals surface area contributed by atoms with Crippen molar-refractivity contribution in [3.8, 4) is 0 Å². The van der Waals surface area contributed by atoms with Crippen molar-refractivity contribution in [2.45, 2.75) is 57.5 Å². The van der Waals surface area contributed by atoms with Crippen molar-refractivity contribution in [3.63, 3.8) is 0 Å². The summed E-state index contributed by atoms with van der Waals surface area (Å²) in [5.74, 6) is 1.58. The number of aromatic nitrogens is 1. The minimum Gasteiger partial charge on any atom is -0.352 e. The first-order chi connectivity index (χ1) is 12.5. The molecule has 0 spiro atoms. The molecule has 0 radical (unpaired) electrons. The monoisotopic (exact) mass is 372 g/mol. The van der Waals surface area contributed by atoms with E-state index in [9.17, 15) is 9.59 Å². The summed E-state index contributed by atoms with van der Waals surface area (Å²) in [5.41, 5.74) is 0.920. The van der Waals surface area contributed by atoms with Gasteiger partial charge in [0.15, 0.2) is 0 Å². The molecule has 1 N–H and O–H groups in total. The second-order valence-electron chi connectivity index (χ2n) is 7.34. The van der Waals surface area contributed by atoms with E-state index in [4.69, 9.17) is 0 Å². The molecule has 4 nitrogen and oxygen atoms in total. The van der Waals surface area contributed by atoms with Crippen LogP contribution in [0.5, 0.6) is 0 Å². The van der Waals surface area contributed by atoms with E-state index in [0.717, 1.165) is 22.2 Å². The van der Waals surface area contributed by atoms with Gasteiger partial charge in [-0.25, -0.2) is 0 Å². The molecule has 1 aliphatic rings. The molecule has 0 aliphatic heterocycles. The molecule has 140 valence electrons. The quantitative estimate of drug-likeness (QED) is 0.806. The lowest BCUT2D eigenvalue weighted by molar-refractivity contribution is -0.119. The molecule has 1 aliphatic carbocycles. The highest BCUT2D eigenvalue weighted by Crippen LogP contribution is 2.30. The lowest BCUT2D eigenvalue weighted by Gasteiger charge is -2.34. The van der Waals surface area contributed by atoms with Crippen LogP contribution in [0.2, 0.25) is 0 Å². The third kappa shape index (κ3) is 3.98. The predicted octanol–water partition coefficient (Wildman–Crippen LogP) is 4.05. The number of carbonyl (C=O) groups excluding carboxylic acids is 1. The average Bonchev–Trinajstić information content (AvgIpc) is 2.63. The highest BCUT2D eigenvalue weighted by molar-refractivity contribution is 8.00. The molecule has 1 aromatic heterocycles.